The number of nitrogens with one attached hydrogen (secondary N) is 1. The lowest BCUT2D eigenvalue weighted by Crippen LogP contribution is -2.23. The van der Waals surface area contributed by atoms with Crippen LogP contribution >= 0.6 is 34.7 Å². The Hall–Kier alpha value is -0.480. The second-order valence-electron chi connectivity index (χ2n) is 4.43. The molecule has 2 aromatic rings. The van der Waals surface area contributed by atoms with Gasteiger partial charge in [0.05, 0.1) is 4.34 Å². The molecule has 0 saturated heterocycles. The Morgan fingerprint density at radius 2 is 2.11 bits per heavy atom. The summed E-state index contributed by atoms with van der Waals surface area (Å²) in [5, 5.41) is 3.70. The van der Waals surface area contributed by atoms with Crippen LogP contribution < -0.4 is 5.32 Å². The Labute approximate surface area is 121 Å². The van der Waals surface area contributed by atoms with Crippen molar-refractivity contribution in [2.75, 3.05) is 5.75 Å². The van der Waals surface area contributed by atoms with Gasteiger partial charge in [0.2, 0.25) is 0 Å². The van der Waals surface area contributed by atoms with Gasteiger partial charge in [-0.25, -0.2) is 0 Å². The van der Waals surface area contributed by atoms with Crippen LogP contribution in [0.3, 0.4) is 0 Å². The van der Waals surface area contributed by atoms with Crippen LogP contribution in [0.4, 0.5) is 0 Å². The fourth-order valence-electron chi connectivity index (χ4n) is 2.25. The molecule has 1 aliphatic heterocycles. The molecule has 0 bridgehead atoms. The van der Waals surface area contributed by atoms with Crippen LogP contribution in [0, 0.1) is 0 Å². The number of hydrogen-bond donors (Lipinski definition) is 1. The molecule has 0 spiro atoms. The van der Waals surface area contributed by atoms with Gasteiger partial charge >= 0.3 is 0 Å². The van der Waals surface area contributed by atoms with E-state index < -0.39 is 0 Å². The van der Waals surface area contributed by atoms with Crippen molar-refractivity contribution in [3.63, 3.8) is 0 Å². The van der Waals surface area contributed by atoms with Crippen molar-refractivity contribution in [1.29, 1.82) is 0 Å². The van der Waals surface area contributed by atoms with Gasteiger partial charge in [0.15, 0.2) is 0 Å². The predicted octanol–water partition coefficient (Wildman–Crippen LogP) is 4.90. The Balaban J connectivity index is 1.75. The largest absolute Gasteiger partial charge is 0.302 e. The van der Waals surface area contributed by atoms with Gasteiger partial charge in [0.25, 0.3) is 0 Å². The Kier molecular flexibility index (Phi) is 3.66. The first kappa shape index (κ1) is 12.5. The van der Waals surface area contributed by atoms with Crippen LogP contribution in [0.15, 0.2) is 41.3 Å². The summed E-state index contributed by atoms with van der Waals surface area (Å²) >= 11 is 9.58. The highest BCUT2D eigenvalue weighted by molar-refractivity contribution is 7.99. The number of halogens is 1. The maximum absolute atomic E-state index is 5.99. The molecule has 18 heavy (non-hydrogen) atoms. The summed E-state index contributed by atoms with van der Waals surface area (Å²) in [7, 11) is 0. The van der Waals surface area contributed by atoms with Crippen LogP contribution in [0.2, 0.25) is 4.34 Å². The van der Waals surface area contributed by atoms with Crippen molar-refractivity contribution in [2.45, 2.75) is 23.9 Å². The van der Waals surface area contributed by atoms with Crippen LogP contribution in [-0.2, 0) is 0 Å². The molecule has 2 atom stereocenters. The average molecular weight is 296 g/mol. The number of thiophene rings is 1. The molecule has 1 aromatic heterocycles. The molecule has 0 radical (unpaired) electrons. The van der Waals surface area contributed by atoms with Gasteiger partial charge < -0.3 is 5.32 Å². The molecule has 94 valence electrons. The standard InChI is InChI=1S/C14H14ClNS2/c1-9(12-6-7-14(15)18-12)16-11-8-17-13-5-3-2-4-10(11)13/h2-7,9,11,16H,8H2,1H3. The third kappa shape index (κ3) is 2.45. The molecule has 0 amide bonds. The lowest BCUT2D eigenvalue weighted by atomic mass is 10.1. The zero-order valence-corrected chi connectivity index (χ0v) is 12.4. The van der Waals surface area contributed by atoms with E-state index in [2.05, 4.69) is 42.6 Å². The summed E-state index contributed by atoms with van der Waals surface area (Å²) in [6.07, 6.45) is 0. The highest BCUT2D eigenvalue weighted by Gasteiger charge is 2.24. The number of rotatable bonds is 3. The zero-order chi connectivity index (χ0) is 12.5. The lowest BCUT2D eigenvalue weighted by molar-refractivity contribution is 0.507. The number of thioether (sulfide) groups is 1. The molecule has 0 fully saturated rings. The molecule has 1 N–H and O–H groups in total. The minimum absolute atomic E-state index is 0.347. The first-order chi connectivity index (χ1) is 8.74. The number of fused-ring (bicyclic) bond motifs is 1. The highest BCUT2D eigenvalue weighted by atomic mass is 35.5. The Morgan fingerprint density at radius 3 is 2.89 bits per heavy atom. The van der Waals surface area contributed by atoms with E-state index in [9.17, 15) is 0 Å². The normalized spacial score (nSPS) is 19.8. The SMILES string of the molecule is CC(NC1CSc2ccccc21)c1ccc(Cl)s1. The van der Waals surface area contributed by atoms with Gasteiger partial charge in [-0.15, -0.1) is 23.1 Å². The van der Waals surface area contributed by atoms with Crippen LogP contribution in [0.5, 0.6) is 0 Å². The maximum atomic E-state index is 5.99. The molecular weight excluding hydrogens is 282 g/mol. The Morgan fingerprint density at radius 1 is 1.28 bits per heavy atom. The summed E-state index contributed by atoms with van der Waals surface area (Å²) in [4.78, 5) is 2.71. The summed E-state index contributed by atoms with van der Waals surface area (Å²) in [5.41, 5.74) is 1.43. The third-order valence-electron chi connectivity index (χ3n) is 3.17. The van der Waals surface area contributed by atoms with Gasteiger partial charge in [0, 0.05) is 27.6 Å². The second-order valence-corrected chi connectivity index (χ2v) is 7.24. The monoisotopic (exact) mass is 295 g/mol. The van der Waals surface area contributed by atoms with Gasteiger partial charge in [-0.2, -0.15) is 0 Å². The molecule has 4 heteroatoms. The van der Waals surface area contributed by atoms with Crippen LogP contribution in [0.25, 0.3) is 0 Å². The number of benzene rings is 1. The van der Waals surface area contributed by atoms with E-state index in [-0.39, 0.29) is 0 Å². The van der Waals surface area contributed by atoms with Crippen LogP contribution in [0.1, 0.15) is 29.4 Å². The predicted molar refractivity (Wildman–Crippen MR) is 80.8 cm³/mol. The van der Waals surface area contributed by atoms with Crippen molar-refractivity contribution in [2.24, 2.45) is 0 Å². The van der Waals surface area contributed by atoms with E-state index in [4.69, 9.17) is 11.6 Å². The van der Waals surface area contributed by atoms with Gasteiger partial charge in [0.1, 0.15) is 0 Å². The minimum atomic E-state index is 0.347. The molecule has 2 heterocycles. The zero-order valence-electron chi connectivity index (χ0n) is 10.0. The van der Waals surface area contributed by atoms with Crippen LogP contribution in [-0.4, -0.2) is 5.75 Å². The van der Waals surface area contributed by atoms with E-state index in [1.807, 2.05) is 17.8 Å². The van der Waals surface area contributed by atoms with Gasteiger partial charge in [-0.3, -0.25) is 0 Å². The summed E-state index contributed by atoms with van der Waals surface area (Å²) in [6.45, 7) is 2.20. The molecular formula is C14H14ClNS2. The highest BCUT2D eigenvalue weighted by Crippen LogP contribution is 2.39. The molecule has 2 unspecified atom stereocenters. The van der Waals surface area contributed by atoms with Gasteiger partial charge in [-0.1, -0.05) is 29.8 Å². The van der Waals surface area contributed by atoms with Gasteiger partial charge in [-0.05, 0) is 30.7 Å². The average Bonchev–Trinajstić information content (AvgIpc) is 2.97. The number of hydrogen-bond acceptors (Lipinski definition) is 3. The van der Waals surface area contributed by atoms with Crippen molar-refractivity contribution in [3.8, 4) is 0 Å². The fourth-order valence-corrected chi connectivity index (χ4v) is 4.49. The lowest BCUT2D eigenvalue weighted by Gasteiger charge is -2.18. The first-order valence-electron chi connectivity index (χ1n) is 5.97. The van der Waals surface area contributed by atoms with E-state index >= 15 is 0 Å². The maximum Gasteiger partial charge on any atom is 0.0931 e. The summed E-state index contributed by atoms with van der Waals surface area (Å²) in [5.74, 6) is 1.11. The van der Waals surface area contributed by atoms with Crippen molar-refractivity contribution in [1.82, 2.24) is 5.32 Å². The minimum Gasteiger partial charge on any atom is -0.302 e. The molecule has 3 rings (SSSR count). The van der Waals surface area contributed by atoms with E-state index in [1.165, 1.54) is 15.3 Å². The van der Waals surface area contributed by atoms with E-state index in [0.717, 1.165) is 10.1 Å². The molecule has 0 aliphatic carbocycles. The van der Waals surface area contributed by atoms with E-state index in [1.54, 1.807) is 11.3 Å². The smallest absolute Gasteiger partial charge is 0.0931 e. The Bertz CT molecular complexity index is 552. The molecule has 0 saturated carbocycles. The van der Waals surface area contributed by atoms with Crippen molar-refractivity contribution >= 4 is 34.7 Å². The third-order valence-corrected chi connectivity index (χ3v) is 5.77. The summed E-state index contributed by atoms with van der Waals surface area (Å²) < 4.78 is 0.861. The topological polar surface area (TPSA) is 12.0 Å². The van der Waals surface area contributed by atoms with E-state index in [0.29, 0.717) is 12.1 Å². The second kappa shape index (κ2) is 5.25. The molecule has 1 aliphatic rings. The molecule has 1 aromatic carbocycles. The quantitative estimate of drug-likeness (QED) is 0.864. The van der Waals surface area contributed by atoms with Crippen molar-refractivity contribution < 1.29 is 0 Å². The first-order valence-corrected chi connectivity index (χ1v) is 8.15. The van der Waals surface area contributed by atoms with Crippen molar-refractivity contribution in [3.05, 3.63) is 51.2 Å². The molecule has 1 nitrogen and oxygen atoms in total. The fraction of sp³-hybridized carbons (Fsp3) is 0.286. The summed E-state index contributed by atoms with van der Waals surface area (Å²) in [6, 6.07) is 13.5.